The van der Waals surface area contributed by atoms with Crippen molar-refractivity contribution in [1.82, 2.24) is 4.57 Å². The minimum absolute atomic E-state index is 0.114. The number of amides is 1. The molecule has 124 valence electrons. The largest absolute Gasteiger partial charge is 0.495 e. The van der Waals surface area contributed by atoms with E-state index in [1.54, 1.807) is 18.9 Å². The maximum atomic E-state index is 12.2. The Bertz CT molecular complexity index is 914. The highest BCUT2D eigenvalue weighted by molar-refractivity contribution is 7.99. The first-order valence-electron chi connectivity index (χ1n) is 7.51. The molecule has 0 aliphatic rings. The number of hydrogen-bond donors (Lipinski definition) is 0. The summed E-state index contributed by atoms with van der Waals surface area (Å²) in [5.41, 5.74) is 2.18. The number of para-hydroxylation sites is 1. The van der Waals surface area contributed by atoms with Crippen LogP contribution in [-0.4, -0.2) is 23.3 Å². The van der Waals surface area contributed by atoms with E-state index in [4.69, 9.17) is 4.74 Å². The number of nitrogens with zero attached hydrogens (tertiary/aromatic N) is 2. The number of carbonyl (C=O) groups is 1. The van der Waals surface area contributed by atoms with Crippen LogP contribution in [-0.2, 0) is 17.6 Å². The maximum Gasteiger partial charge on any atom is 0.258 e. The van der Waals surface area contributed by atoms with Crippen molar-refractivity contribution < 1.29 is 9.53 Å². The smallest absolute Gasteiger partial charge is 0.258 e. The molecule has 0 radical (unpaired) electrons. The first kappa shape index (κ1) is 16.8. The van der Waals surface area contributed by atoms with Crippen LogP contribution in [0.2, 0.25) is 0 Å². The molecule has 0 atom stereocenters. The molecule has 4 nitrogen and oxygen atoms in total. The molecule has 3 rings (SSSR count). The summed E-state index contributed by atoms with van der Waals surface area (Å²) < 4.78 is 8.37. The number of thiazole rings is 1. The second-order valence-corrected chi connectivity index (χ2v) is 7.23. The van der Waals surface area contributed by atoms with Crippen LogP contribution in [0.1, 0.15) is 5.56 Å². The second-order valence-electron chi connectivity index (χ2n) is 5.23. The van der Waals surface area contributed by atoms with Crippen molar-refractivity contribution >= 4 is 39.2 Å². The van der Waals surface area contributed by atoms with Crippen LogP contribution < -0.4 is 9.54 Å². The summed E-state index contributed by atoms with van der Waals surface area (Å²) in [5.74, 6) is 1.87. The molecule has 0 fully saturated rings. The van der Waals surface area contributed by atoms with E-state index in [-0.39, 0.29) is 5.91 Å². The number of ether oxygens (including phenoxy) is 1. The summed E-state index contributed by atoms with van der Waals surface area (Å²) in [6, 6.07) is 16.0. The Labute approximate surface area is 148 Å². The molecule has 1 amide bonds. The molecule has 0 aliphatic heterocycles. The van der Waals surface area contributed by atoms with Crippen LogP contribution >= 0.6 is 23.1 Å². The number of aryl methyl sites for hydroxylation is 1. The Balaban J connectivity index is 1.75. The first-order valence-corrected chi connectivity index (χ1v) is 9.48. The van der Waals surface area contributed by atoms with Gasteiger partial charge in [0.05, 0.1) is 17.6 Å². The van der Waals surface area contributed by atoms with E-state index in [2.05, 4.69) is 17.1 Å². The van der Waals surface area contributed by atoms with E-state index < -0.39 is 0 Å². The number of benzene rings is 2. The molecule has 0 bridgehead atoms. The SMILES string of the molecule is COc1cccc2sc(=NC(=O)CSCc3ccccc3)n(C)c12. The van der Waals surface area contributed by atoms with E-state index in [9.17, 15) is 4.79 Å². The van der Waals surface area contributed by atoms with Gasteiger partial charge in [0.2, 0.25) is 0 Å². The quantitative estimate of drug-likeness (QED) is 0.700. The van der Waals surface area contributed by atoms with Crippen molar-refractivity contribution in [2.75, 3.05) is 12.9 Å². The van der Waals surface area contributed by atoms with Crippen LogP contribution in [0.5, 0.6) is 5.75 Å². The van der Waals surface area contributed by atoms with Gasteiger partial charge in [0.1, 0.15) is 11.3 Å². The molecule has 6 heteroatoms. The minimum Gasteiger partial charge on any atom is -0.495 e. The molecule has 0 N–H and O–H groups in total. The maximum absolute atomic E-state index is 12.2. The molecular formula is C18H18N2O2S2. The zero-order valence-corrected chi connectivity index (χ0v) is 15.2. The van der Waals surface area contributed by atoms with Gasteiger partial charge in [0.25, 0.3) is 5.91 Å². The summed E-state index contributed by atoms with van der Waals surface area (Å²) in [6.07, 6.45) is 0. The minimum atomic E-state index is -0.114. The third kappa shape index (κ3) is 3.71. The van der Waals surface area contributed by atoms with Gasteiger partial charge in [-0.05, 0) is 17.7 Å². The summed E-state index contributed by atoms with van der Waals surface area (Å²) in [4.78, 5) is 17.1. The zero-order chi connectivity index (χ0) is 16.9. The molecule has 0 saturated heterocycles. The lowest BCUT2D eigenvalue weighted by atomic mass is 10.2. The van der Waals surface area contributed by atoms with Gasteiger partial charge in [-0.2, -0.15) is 4.99 Å². The molecule has 0 unspecified atom stereocenters. The molecule has 3 aromatic rings. The van der Waals surface area contributed by atoms with Crippen LogP contribution in [0, 0.1) is 0 Å². The number of methoxy groups -OCH3 is 1. The van der Waals surface area contributed by atoms with Crippen molar-refractivity contribution in [3.8, 4) is 5.75 Å². The van der Waals surface area contributed by atoms with Crippen molar-refractivity contribution in [3.63, 3.8) is 0 Å². The third-order valence-electron chi connectivity index (χ3n) is 3.56. The molecule has 0 aliphatic carbocycles. The van der Waals surface area contributed by atoms with Crippen molar-refractivity contribution in [2.45, 2.75) is 5.75 Å². The Morgan fingerprint density at radius 2 is 2.00 bits per heavy atom. The van der Waals surface area contributed by atoms with E-state index in [0.717, 1.165) is 21.7 Å². The fourth-order valence-corrected chi connectivity index (χ4v) is 4.23. The van der Waals surface area contributed by atoms with Gasteiger partial charge < -0.3 is 9.30 Å². The van der Waals surface area contributed by atoms with Crippen molar-refractivity contribution in [3.05, 3.63) is 58.9 Å². The van der Waals surface area contributed by atoms with Gasteiger partial charge in [0.15, 0.2) is 4.80 Å². The van der Waals surface area contributed by atoms with Gasteiger partial charge >= 0.3 is 0 Å². The second kappa shape index (κ2) is 7.68. The number of rotatable bonds is 5. The van der Waals surface area contributed by atoms with Gasteiger partial charge in [-0.25, -0.2) is 0 Å². The van der Waals surface area contributed by atoms with Gasteiger partial charge in [-0.3, -0.25) is 4.79 Å². The average Bonchev–Trinajstić information content (AvgIpc) is 2.92. The number of thioether (sulfide) groups is 1. The molecular weight excluding hydrogens is 340 g/mol. The van der Waals surface area contributed by atoms with Crippen molar-refractivity contribution in [2.24, 2.45) is 12.0 Å². The van der Waals surface area contributed by atoms with Crippen LogP contribution in [0.25, 0.3) is 10.2 Å². The number of aromatic nitrogens is 1. The summed E-state index contributed by atoms with van der Waals surface area (Å²) in [7, 11) is 3.55. The highest BCUT2D eigenvalue weighted by atomic mass is 32.2. The molecule has 2 aromatic carbocycles. The lowest BCUT2D eigenvalue weighted by Crippen LogP contribution is -2.14. The predicted molar refractivity (Wildman–Crippen MR) is 101 cm³/mol. The van der Waals surface area contributed by atoms with E-state index in [1.807, 2.05) is 48.0 Å². The van der Waals surface area contributed by atoms with Crippen LogP contribution in [0.3, 0.4) is 0 Å². The van der Waals surface area contributed by atoms with Gasteiger partial charge in [-0.1, -0.05) is 47.7 Å². The van der Waals surface area contributed by atoms with E-state index in [0.29, 0.717) is 10.6 Å². The monoisotopic (exact) mass is 358 g/mol. The van der Waals surface area contributed by atoms with Crippen molar-refractivity contribution in [1.29, 1.82) is 0 Å². The molecule has 1 aromatic heterocycles. The Morgan fingerprint density at radius 3 is 2.75 bits per heavy atom. The Kier molecular flexibility index (Phi) is 5.37. The molecule has 0 saturated carbocycles. The van der Waals surface area contributed by atoms with E-state index in [1.165, 1.54) is 16.9 Å². The van der Waals surface area contributed by atoms with E-state index >= 15 is 0 Å². The third-order valence-corrected chi connectivity index (χ3v) is 5.65. The topological polar surface area (TPSA) is 43.6 Å². The summed E-state index contributed by atoms with van der Waals surface area (Å²) in [6.45, 7) is 0. The molecule has 1 heterocycles. The molecule has 0 spiro atoms. The number of fused-ring (bicyclic) bond motifs is 1. The highest BCUT2D eigenvalue weighted by Gasteiger charge is 2.09. The highest BCUT2D eigenvalue weighted by Crippen LogP contribution is 2.26. The standard InChI is InChI=1S/C18H18N2O2S2/c1-20-17-14(22-2)9-6-10-15(17)24-18(20)19-16(21)12-23-11-13-7-4-3-5-8-13/h3-10H,11-12H2,1-2H3. The average molecular weight is 358 g/mol. The Morgan fingerprint density at radius 1 is 1.21 bits per heavy atom. The first-order chi connectivity index (χ1) is 11.7. The van der Waals surface area contributed by atoms with Crippen LogP contribution in [0.15, 0.2) is 53.5 Å². The number of carbonyl (C=O) groups excluding carboxylic acids is 1. The summed E-state index contributed by atoms with van der Waals surface area (Å²) in [5, 5.41) is 0. The fraction of sp³-hybridized carbons (Fsp3) is 0.222. The predicted octanol–water partition coefficient (Wildman–Crippen LogP) is 3.61. The number of hydrogen-bond acceptors (Lipinski definition) is 4. The Hall–Kier alpha value is -2.05. The lowest BCUT2D eigenvalue weighted by molar-refractivity contribution is -0.115. The normalized spacial score (nSPS) is 11.8. The summed E-state index contributed by atoms with van der Waals surface area (Å²) >= 11 is 3.08. The zero-order valence-electron chi connectivity index (χ0n) is 13.6. The molecule has 24 heavy (non-hydrogen) atoms. The fourth-order valence-electron chi connectivity index (χ4n) is 2.41. The van der Waals surface area contributed by atoms with Gasteiger partial charge in [0, 0.05) is 12.8 Å². The van der Waals surface area contributed by atoms with Gasteiger partial charge in [-0.15, -0.1) is 11.8 Å². The van der Waals surface area contributed by atoms with Crippen LogP contribution in [0.4, 0.5) is 0 Å². The lowest BCUT2D eigenvalue weighted by Gasteiger charge is -2.03.